The summed E-state index contributed by atoms with van der Waals surface area (Å²) in [5.41, 5.74) is 2.68. The maximum absolute atomic E-state index is 11.8. The van der Waals surface area contributed by atoms with Crippen molar-refractivity contribution in [1.82, 2.24) is 9.55 Å². The highest BCUT2D eigenvalue weighted by Gasteiger charge is 2.24. The Labute approximate surface area is 178 Å². The minimum atomic E-state index is -1.10. The number of aromatic nitrogens is 2. The lowest BCUT2D eigenvalue weighted by Crippen LogP contribution is -2.06. The van der Waals surface area contributed by atoms with Crippen LogP contribution in [-0.2, 0) is 6.42 Å². The van der Waals surface area contributed by atoms with Crippen LogP contribution in [0.4, 0.5) is 0 Å². The van der Waals surface area contributed by atoms with Gasteiger partial charge in [-0.3, -0.25) is 4.57 Å². The number of hydrogen-bond donors (Lipinski definition) is 2. The van der Waals surface area contributed by atoms with Gasteiger partial charge in [0.25, 0.3) is 0 Å². The van der Waals surface area contributed by atoms with Crippen LogP contribution in [0.2, 0.25) is 10.0 Å². The van der Waals surface area contributed by atoms with E-state index >= 15 is 0 Å². The number of nitrogens with zero attached hydrogens (tertiary/aromatic N) is 2. The summed E-state index contributed by atoms with van der Waals surface area (Å²) in [5.74, 6) is 5.18. The fraction of sp³-hybridized carbons (Fsp3) is 0.182. The van der Waals surface area contributed by atoms with Crippen molar-refractivity contribution in [2.45, 2.75) is 19.8 Å². The van der Waals surface area contributed by atoms with Gasteiger partial charge in [-0.2, -0.15) is 0 Å². The molecule has 0 amide bonds. The van der Waals surface area contributed by atoms with Crippen molar-refractivity contribution in [2.75, 3.05) is 6.61 Å². The van der Waals surface area contributed by atoms with Gasteiger partial charge in [-0.05, 0) is 48.9 Å². The van der Waals surface area contributed by atoms with E-state index in [1.807, 2.05) is 31.2 Å². The van der Waals surface area contributed by atoms with Crippen molar-refractivity contribution < 1.29 is 15.0 Å². The molecule has 7 heteroatoms. The van der Waals surface area contributed by atoms with Crippen LogP contribution in [0.15, 0.2) is 42.5 Å². The number of aromatic carboxylic acids is 1. The standard InChI is InChI=1S/C22H18Cl2N2O3/c1-2-19-20(22(28)29)25-21(17-11-8-15(23)13-18(17)24)26(19)16-9-6-14(7-10-16)5-3-4-12-27/h6-11,13,27H,2,4,12H2,1H3,(H,28,29). The van der Waals surface area contributed by atoms with Crippen LogP contribution < -0.4 is 0 Å². The zero-order valence-corrected chi connectivity index (χ0v) is 17.1. The van der Waals surface area contributed by atoms with Gasteiger partial charge in [0.1, 0.15) is 5.82 Å². The molecule has 3 aromatic rings. The molecule has 2 N–H and O–H groups in total. The number of aliphatic hydroxyl groups excluding tert-OH is 1. The quantitative estimate of drug-likeness (QED) is 0.570. The third kappa shape index (κ3) is 4.46. The van der Waals surface area contributed by atoms with Crippen molar-refractivity contribution >= 4 is 29.2 Å². The van der Waals surface area contributed by atoms with E-state index in [-0.39, 0.29) is 12.3 Å². The molecule has 0 aliphatic heterocycles. The first-order valence-electron chi connectivity index (χ1n) is 8.96. The number of hydrogen-bond acceptors (Lipinski definition) is 3. The molecule has 3 rings (SSSR count). The Bertz CT molecular complexity index is 1110. The number of imidazole rings is 1. The minimum absolute atomic E-state index is 0.0136. The molecule has 0 spiro atoms. The Morgan fingerprint density at radius 1 is 1.17 bits per heavy atom. The van der Waals surface area contributed by atoms with Crippen molar-refractivity contribution in [3.05, 3.63) is 69.5 Å². The van der Waals surface area contributed by atoms with Gasteiger partial charge in [-0.25, -0.2) is 9.78 Å². The zero-order valence-electron chi connectivity index (χ0n) is 15.6. The summed E-state index contributed by atoms with van der Waals surface area (Å²) in [6.07, 6.45) is 0.877. The second kappa shape index (κ2) is 9.15. The monoisotopic (exact) mass is 428 g/mol. The van der Waals surface area contributed by atoms with Gasteiger partial charge in [-0.1, -0.05) is 42.0 Å². The van der Waals surface area contributed by atoms with Gasteiger partial charge >= 0.3 is 5.97 Å². The van der Waals surface area contributed by atoms with Crippen LogP contribution in [-0.4, -0.2) is 32.3 Å². The second-order valence-electron chi connectivity index (χ2n) is 6.17. The summed E-state index contributed by atoms with van der Waals surface area (Å²) >= 11 is 12.4. The largest absolute Gasteiger partial charge is 0.476 e. The number of carboxylic acids is 1. The van der Waals surface area contributed by atoms with Gasteiger partial charge in [0, 0.05) is 28.3 Å². The lowest BCUT2D eigenvalue weighted by atomic mass is 10.1. The van der Waals surface area contributed by atoms with Crippen LogP contribution >= 0.6 is 23.2 Å². The fourth-order valence-electron chi connectivity index (χ4n) is 2.99. The molecule has 29 heavy (non-hydrogen) atoms. The molecule has 0 unspecified atom stereocenters. The van der Waals surface area contributed by atoms with Crippen molar-refractivity contribution in [3.8, 4) is 28.9 Å². The topological polar surface area (TPSA) is 75.3 Å². The number of carboxylic acid groups (broad SMARTS) is 1. The Hall–Kier alpha value is -2.78. The smallest absolute Gasteiger partial charge is 0.356 e. The molecule has 0 aliphatic rings. The van der Waals surface area contributed by atoms with E-state index in [1.54, 1.807) is 22.8 Å². The molecule has 0 saturated carbocycles. The molecular weight excluding hydrogens is 411 g/mol. The Morgan fingerprint density at radius 3 is 2.48 bits per heavy atom. The first-order chi connectivity index (χ1) is 14.0. The molecule has 0 bridgehead atoms. The molecule has 1 aromatic heterocycles. The zero-order chi connectivity index (χ0) is 21.0. The van der Waals surface area contributed by atoms with Gasteiger partial charge < -0.3 is 10.2 Å². The third-order valence-electron chi connectivity index (χ3n) is 4.28. The summed E-state index contributed by atoms with van der Waals surface area (Å²) in [4.78, 5) is 16.2. The van der Waals surface area contributed by atoms with E-state index in [0.717, 1.165) is 11.3 Å². The minimum Gasteiger partial charge on any atom is -0.476 e. The van der Waals surface area contributed by atoms with Crippen molar-refractivity contribution in [1.29, 1.82) is 0 Å². The summed E-state index contributed by atoms with van der Waals surface area (Å²) < 4.78 is 1.80. The first kappa shape index (κ1) is 20.9. The predicted molar refractivity (Wildman–Crippen MR) is 114 cm³/mol. The highest BCUT2D eigenvalue weighted by atomic mass is 35.5. The van der Waals surface area contributed by atoms with Crippen molar-refractivity contribution in [3.63, 3.8) is 0 Å². The summed E-state index contributed by atoms with van der Waals surface area (Å²) in [5, 5.41) is 19.3. The number of rotatable bonds is 5. The third-order valence-corrected chi connectivity index (χ3v) is 4.83. The van der Waals surface area contributed by atoms with Crippen molar-refractivity contribution in [2.24, 2.45) is 0 Å². The summed E-state index contributed by atoms with van der Waals surface area (Å²) in [7, 11) is 0. The Balaban J connectivity index is 2.19. The number of halogens is 2. The average molecular weight is 429 g/mol. The van der Waals surface area contributed by atoms with Crippen LogP contribution in [0.1, 0.15) is 35.1 Å². The number of benzene rings is 2. The number of aliphatic hydroxyl groups is 1. The molecule has 0 radical (unpaired) electrons. The molecule has 0 aliphatic carbocycles. The van der Waals surface area contributed by atoms with Gasteiger partial charge in [-0.15, -0.1) is 0 Å². The Kier molecular flexibility index (Phi) is 6.60. The van der Waals surface area contributed by atoms with Crippen LogP contribution in [0.25, 0.3) is 17.1 Å². The summed E-state index contributed by atoms with van der Waals surface area (Å²) in [6.45, 7) is 1.89. The molecule has 148 valence electrons. The van der Waals surface area contributed by atoms with Gasteiger partial charge in [0.05, 0.1) is 17.3 Å². The maximum Gasteiger partial charge on any atom is 0.356 e. The lowest BCUT2D eigenvalue weighted by Gasteiger charge is -2.13. The molecule has 2 aromatic carbocycles. The fourth-order valence-corrected chi connectivity index (χ4v) is 3.49. The molecule has 0 saturated heterocycles. The second-order valence-corrected chi connectivity index (χ2v) is 7.01. The molecular formula is C22H18Cl2N2O3. The van der Waals surface area contributed by atoms with Gasteiger partial charge in [0.2, 0.25) is 0 Å². The molecule has 5 nitrogen and oxygen atoms in total. The van der Waals surface area contributed by atoms with Crippen LogP contribution in [0.5, 0.6) is 0 Å². The first-order valence-corrected chi connectivity index (χ1v) is 9.72. The highest BCUT2D eigenvalue weighted by molar-refractivity contribution is 6.36. The highest BCUT2D eigenvalue weighted by Crippen LogP contribution is 2.33. The van der Waals surface area contributed by atoms with Crippen LogP contribution in [0, 0.1) is 11.8 Å². The lowest BCUT2D eigenvalue weighted by molar-refractivity contribution is 0.0690. The number of carbonyl (C=O) groups is 1. The average Bonchev–Trinajstić information content (AvgIpc) is 3.08. The molecule has 1 heterocycles. The van der Waals surface area contributed by atoms with E-state index in [4.69, 9.17) is 28.3 Å². The predicted octanol–water partition coefficient (Wildman–Crippen LogP) is 4.84. The van der Waals surface area contributed by atoms with E-state index in [2.05, 4.69) is 16.8 Å². The van der Waals surface area contributed by atoms with E-state index in [1.165, 1.54) is 0 Å². The molecule has 0 atom stereocenters. The maximum atomic E-state index is 11.8. The van der Waals surface area contributed by atoms with E-state index < -0.39 is 5.97 Å². The normalized spacial score (nSPS) is 10.5. The SMILES string of the molecule is CCc1c(C(=O)O)nc(-c2ccc(Cl)cc2Cl)n1-c1ccc(C#CCCO)cc1. The summed E-state index contributed by atoms with van der Waals surface area (Å²) in [6, 6.07) is 12.4. The molecule has 0 fully saturated rings. The van der Waals surface area contributed by atoms with Crippen LogP contribution in [0.3, 0.4) is 0 Å². The van der Waals surface area contributed by atoms with E-state index in [9.17, 15) is 9.90 Å². The Morgan fingerprint density at radius 2 is 1.90 bits per heavy atom. The van der Waals surface area contributed by atoms with Gasteiger partial charge in [0.15, 0.2) is 5.69 Å². The van der Waals surface area contributed by atoms with E-state index in [0.29, 0.717) is 40.0 Å².